The first-order valence-corrected chi connectivity index (χ1v) is 4.74. The second-order valence-corrected chi connectivity index (χ2v) is 3.81. The molecule has 1 aliphatic heterocycles. The van der Waals surface area contributed by atoms with E-state index in [0.29, 0.717) is 0 Å². The fourth-order valence-electron chi connectivity index (χ4n) is 0.594. The molecule has 0 fully saturated rings. The molecule has 0 saturated heterocycles. The molecule has 0 bridgehead atoms. The van der Waals surface area contributed by atoms with Crippen molar-refractivity contribution >= 4 is 16.0 Å². The summed E-state index contributed by atoms with van der Waals surface area (Å²) in [5.41, 5.74) is 0. The zero-order valence-corrected chi connectivity index (χ0v) is 7.04. The van der Waals surface area contributed by atoms with Crippen LogP contribution >= 0.6 is 0 Å². The molecule has 61 valence electrons. The molecule has 1 heterocycles. The lowest BCUT2D eigenvalue weighted by molar-refractivity contribution is 0.601. The molecule has 1 radical (unpaired) electrons. The third-order valence-corrected chi connectivity index (χ3v) is 1.54. The molecule has 1 aliphatic rings. The topological polar surface area (TPSA) is 63.8 Å². The Bertz CT molecular complexity index is 304. The highest BCUT2D eigenvalue weighted by Crippen LogP contribution is 1.98. The minimum Gasteiger partial charge on any atom is -0.318 e. The minimum atomic E-state index is -3.33. The largest absolute Gasteiger partial charge is 0.318 e. The van der Waals surface area contributed by atoms with Crippen molar-refractivity contribution in [2.75, 3.05) is 13.3 Å². The lowest BCUT2D eigenvalue weighted by atomic mass is 10.8. The lowest BCUT2D eigenvalue weighted by Crippen LogP contribution is -2.22. The molecular formula is C5H8N3O2S. The summed E-state index contributed by atoms with van der Waals surface area (Å²) in [7, 11) is -1.65. The highest BCUT2D eigenvalue weighted by Gasteiger charge is 2.12. The highest BCUT2D eigenvalue weighted by molar-refractivity contribution is 7.89. The van der Waals surface area contributed by atoms with E-state index in [4.69, 9.17) is 0 Å². The highest BCUT2D eigenvalue weighted by atomic mass is 32.2. The number of hydrogen-bond donors (Lipinski definition) is 0. The normalized spacial score (nSPS) is 20.9. The molecule has 0 aromatic carbocycles. The van der Waals surface area contributed by atoms with Crippen molar-refractivity contribution in [3.63, 3.8) is 0 Å². The first-order valence-electron chi connectivity index (χ1n) is 2.89. The van der Waals surface area contributed by atoms with E-state index in [1.54, 1.807) is 13.2 Å². The van der Waals surface area contributed by atoms with E-state index in [9.17, 15) is 8.42 Å². The second kappa shape index (κ2) is 2.54. The molecule has 0 saturated carbocycles. The van der Waals surface area contributed by atoms with Crippen molar-refractivity contribution in [3.05, 3.63) is 12.4 Å². The minimum absolute atomic E-state index is 0.201. The third-order valence-electron chi connectivity index (χ3n) is 1.04. The smallest absolute Gasteiger partial charge is 0.253 e. The summed E-state index contributed by atoms with van der Waals surface area (Å²) in [5.74, 6) is 0.201. The van der Waals surface area contributed by atoms with Gasteiger partial charge in [-0.05, 0) is 0 Å². The molecule has 0 aliphatic carbocycles. The number of nitrogens with zero attached hydrogens (tertiary/aromatic N) is 3. The van der Waals surface area contributed by atoms with Crippen molar-refractivity contribution in [1.29, 1.82) is 0 Å². The molecule has 11 heavy (non-hydrogen) atoms. The summed E-state index contributed by atoms with van der Waals surface area (Å²) in [6, 6.07) is 0. The van der Waals surface area contributed by atoms with Crippen LogP contribution in [0.1, 0.15) is 0 Å². The van der Waals surface area contributed by atoms with Crippen LogP contribution in [-0.4, -0.2) is 32.6 Å². The van der Waals surface area contributed by atoms with E-state index in [1.165, 1.54) is 11.1 Å². The predicted molar refractivity (Wildman–Crippen MR) is 41.3 cm³/mol. The van der Waals surface area contributed by atoms with Gasteiger partial charge in [0.2, 0.25) is 5.96 Å². The number of hydrogen-bond acceptors (Lipinski definition) is 2. The fourth-order valence-corrected chi connectivity index (χ4v) is 1.07. The summed E-state index contributed by atoms with van der Waals surface area (Å²) >= 11 is 0. The van der Waals surface area contributed by atoms with Crippen molar-refractivity contribution in [3.8, 4) is 0 Å². The molecule has 0 N–H and O–H groups in total. The Hall–Kier alpha value is -1.04. The maximum absolute atomic E-state index is 10.6. The van der Waals surface area contributed by atoms with Crippen LogP contribution in [0.2, 0.25) is 0 Å². The van der Waals surface area contributed by atoms with Crippen molar-refractivity contribution in [1.82, 2.24) is 10.2 Å². The lowest BCUT2D eigenvalue weighted by Gasteiger charge is -2.05. The van der Waals surface area contributed by atoms with Gasteiger partial charge in [-0.2, -0.15) is 0 Å². The number of sulfonamides is 1. The van der Waals surface area contributed by atoms with Crippen LogP contribution in [0.4, 0.5) is 0 Å². The van der Waals surface area contributed by atoms with Crippen molar-refractivity contribution in [2.45, 2.75) is 0 Å². The van der Waals surface area contributed by atoms with Gasteiger partial charge in [-0.1, -0.05) is 0 Å². The van der Waals surface area contributed by atoms with Crippen LogP contribution < -0.4 is 5.32 Å². The molecule has 0 aromatic heterocycles. The Morgan fingerprint density at radius 3 is 2.64 bits per heavy atom. The van der Waals surface area contributed by atoms with Gasteiger partial charge in [-0.15, -0.1) is 4.40 Å². The van der Waals surface area contributed by atoms with Gasteiger partial charge in [0.15, 0.2) is 0 Å². The Balaban J connectivity index is 2.86. The van der Waals surface area contributed by atoms with Crippen LogP contribution in [0.15, 0.2) is 16.8 Å². The van der Waals surface area contributed by atoms with Gasteiger partial charge in [0.05, 0.1) is 6.26 Å². The van der Waals surface area contributed by atoms with Crippen LogP contribution in [0, 0.1) is 0 Å². The summed E-state index contributed by atoms with van der Waals surface area (Å²) in [4.78, 5) is 1.53. The van der Waals surface area contributed by atoms with E-state index in [2.05, 4.69) is 9.71 Å². The quantitative estimate of drug-likeness (QED) is 0.529. The molecule has 0 amide bonds. The van der Waals surface area contributed by atoms with Crippen LogP contribution in [0.3, 0.4) is 0 Å². The summed E-state index contributed by atoms with van der Waals surface area (Å²) in [5, 5.41) is 3.72. The zero-order chi connectivity index (χ0) is 8.48. The summed E-state index contributed by atoms with van der Waals surface area (Å²) < 4.78 is 24.6. The maximum Gasteiger partial charge on any atom is 0.253 e. The van der Waals surface area contributed by atoms with Gasteiger partial charge in [-0.25, -0.2) is 13.7 Å². The molecule has 0 spiro atoms. The standard InChI is InChI=1S/C5H8N3O2S/c1-8-4-3-6-5(8)7-11(2,9)10/h3-4H,1-2H3. The SMILES string of the molecule is CN1C=C[N]C1=NS(C)(=O)=O. The number of guanidine groups is 1. The Morgan fingerprint density at radius 2 is 2.27 bits per heavy atom. The van der Waals surface area contributed by atoms with Gasteiger partial charge in [-0.3, -0.25) is 0 Å². The van der Waals surface area contributed by atoms with Gasteiger partial charge in [0.25, 0.3) is 10.0 Å². The molecule has 6 heteroatoms. The monoisotopic (exact) mass is 174 g/mol. The Kier molecular flexibility index (Phi) is 1.86. The van der Waals surface area contributed by atoms with E-state index in [1.807, 2.05) is 0 Å². The Labute approximate surface area is 65.5 Å². The molecule has 0 aromatic rings. The first-order chi connectivity index (χ1) is 4.99. The van der Waals surface area contributed by atoms with Gasteiger partial charge >= 0.3 is 0 Å². The van der Waals surface area contributed by atoms with E-state index >= 15 is 0 Å². The zero-order valence-electron chi connectivity index (χ0n) is 6.22. The average molecular weight is 174 g/mol. The van der Waals surface area contributed by atoms with E-state index < -0.39 is 10.0 Å². The number of rotatable bonds is 1. The molecule has 0 unspecified atom stereocenters. The third kappa shape index (κ3) is 2.23. The van der Waals surface area contributed by atoms with Crippen molar-refractivity contribution in [2.24, 2.45) is 4.40 Å². The maximum atomic E-state index is 10.6. The summed E-state index contributed by atoms with van der Waals surface area (Å²) in [6.45, 7) is 0. The van der Waals surface area contributed by atoms with Crippen LogP contribution in [0.5, 0.6) is 0 Å². The Morgan fingerprint density at radius 1 is 1.64 bits per heavy atom. The van der Waals surface area contributed by atoms with Gasteiger partial charge < -0.3 is 4.90 Å². The van der Waals surface area contributed by atoms with E-state index in [-0.39, 0.29) is 5.96 Å². The fraction of sp³-hybridized carbons (Fsp3) is 0.400. The molecular weight excluding hydrogens is 166 g/mol. The molecule has 0 atom stereocenters. The van der Waals surface area contributed by atoms with Gasteiger partial charge in [0.1, 0.15) is 0 Å². The van der Waals surface area contributed by atoms with Gasteiger partial charge in [0, 0.05) is 19.4 Å². The van der Waals surface area contributed by atoms with Crippen LogP contribution in [-0.2, 0) is 10.0 Å². The summed E-state index contributed by atoms with van der Waals surface area (Å²) in [6.07, 6.45) is 4.15. The average Bonchev–Trinajstić information content (AvgIpc) is 2.12. The molecule has 1 rings (SSSR count). The second-order valence-electron chi connectivity index (χ2n) is 2.16. The van der Waals surface area contributed by atoms with Crippen molar-refractivity contribution < 1.29 is 8.42 Å². The van der Waals surface area contributed by atoms with E-state index in [0.717, 1.165) is 6.26 Å². The predicted octanol–water partition coefficient (Wildman–Crippen LogP) is -0.677. The molecule has 5 nitrogen and oxygen atoms in total. The first kappa shape index (κ1) is 8.06. The van der Waals surface area contributed by atoms with Crippen LogP contribution in [0.25, 0.3) is 0 Å².